The predicted molar refractivity (Wildman–Crippen MR) is 11.4 cm³/mol. The van der Waals surface area contributed by atoms with E-state index in [4.69, 9.17) is 19.8 Å². The van der Waals surface area contributed by atoms with Gasteiger partial charge < -0.3 is 19.8 Å². The third kappa shape index (κ3) is 211. The smallest absolute Gasteiger partial charge is 0.543 e. The molecule has 0 bridgehead atoms. The molecule has 0 aliphatic heterocycles. The van der Waals surface area contributed by atoms with E-state index >= 15 is 0 Å². The predicted octanol–water partition coefficient (Wildman–Crippen LogP) is -3.45. The SMILES string of the molecule is O=[C][O-].O=[C][O-].[Co+2]. The first kappa shape index (κ1) is 16.1. The van der Waals surface area contributed by atoms with Crippen LogP contribution in [0, 0.1) is 0 Å². The summed E-state index contributed by atoms with van der Waals surface area (Å²) in [6.07, 6.45) is 0. The molecule has 0 aliphatic rings. The Labute approximate surface area is 50.3 Å². The second kappa shape index (κ2) is 51.5. The van der Waals surface area contributed by atoms with Gasteiger partial charge in [0.15, 0.2) is 0 Å². The molecular formula is C2CoO4. The Morgan fingerprint density at radius 2 is 1.00 bits per heavy atom. The van der Waals surface area contributed by atoms with Crippen molar-refractivity contribution >= 4 is 12.9 Å². The first-order chi connectivity index (χ1) is 2.83. The van der Waals surface area contributed by atoms with Crippen LogP contribution in [0.3, 0.4) is 0 Å². The summed E-state index contributed by atoms with van der Waals surface area (Å²) in [6.45, 7) is 0.500. The van der Waals surface area contributed by atoms with Crippen molar-refractivity contribution in [3.05, 3.63) is 0 Å². The van der Waals surface area contributed by atoms with Gasteiger partial charge in [-0.05, 0) is 0 Å². The van der Waals surface area contributed by atoms with Gasteiger partial charge in [-0.25, -0.2) is 0 Å². The van der Waals surface area contributed by atoms with E-state index in [1.54, 1.807) is 0 Å². The first-order valence-electron chi connectivity index (χ1n) is 0.816. The van der Waals surface area contributed by atoms with Gasteiger partial charge in [0, 0.05) is 0 Å². The topological polar surface area (TPSA) is 80.3 Å². The maximum absolute atomic E-state index is 8.12. The third-order valence-corrected chi connectivity index (χ3v) is 0. The summed E-state index contributed by atoms with van der Waals surface area (Å²) in [5.74, 6) is 0. The van der Waals surface area contributed by atoms with Crippen LogP contribution in [0.5, 0.6) is 0 Å². The van der Waals surface area contributed by atoms with Gasteiger partial charge in [-0.15, -0.1) is 0 Å². The van der Waals surface area contributed by atoms with E-state index in [9.17, 15) is 0 Å². The van der Waals surface area contributed by atoms with Crippen molar-refractivity contribution in [1.29, 1.82) is 0 Å². The average molecular weight is 147 g/mol. The second-order valence-electron chi connectivity index (χ2n) is 0.167. The van der Waals surface area contributed by atoms with Gasteiger partial charge in [-0.1, -0.05) is 0 Å². The molecule has 0 unspecified atom stereocenters. The fourth-order valence-electron chi connectivity index (χ4n) is 0. The van der Waals surface area contributed by atoms with Gasteiger partial charge in [-0.3, -0.25) is 0 Å². The minimum Gasteiger partial charge on any atom is -0.543 e. The largest absolute Gasteiger partial charge is 2.00 e. The van der Waals surface area contributed by atoms with Gasteiger partial charge in [0.2, 0.25) is 0 Å². The van der Waals surface area contributed by atoms with E-state index in [0.29, 0.717) is 0 Å². The van der Waals surface area contributed by atoms with Crippen LogP contribution in [0.2, 0.25) is 0 Å². The van der Waals surface area contributed by atoms with Crippen molar-refractivity contribution in [1.82, 2.24) is 0 Å². The van der Waals surface area contributed by atoms with Crippen LogP contribution >= 0.6 is 0 Å². The van der Waals surface area contributed by atoms with Crippen molar-refractivity contribution in [2.75, 3.05) is 0 Å². The van der Waals surface area contributed by atoms with E-state index in [1.165, 1.54) is 0 Å². The number of hydrogen-bond donors (Lipinski definition) is 0. The minimum absolute atomic E-state index is 0. The van der Waals surface area contributed by atoms with Crippen molar-refractivity contribution in [3.8, 4) is 0 Å². The van der Waals surface area contributed by atoms with E-state index in [-0.39, 0.29) is 29.7 Å². The molecule has 0 aromatic rings. The van der Waals surface area contributed by atoms with Gasteiger partial charge in [-0.2, -0.15) is 0 Å². The molecule has 0 fully saturated rings. The summed E-state index contributed by atoms with van der Waals surface area (Å²) in [6, 6.07) is 0. The van der Waals surface area contributed by atoms with Crippen molar-refractivity contribution in [2.24, 2.45) is 0 Å². The van der Waals surface area contributed by atoms with Gasteiger partial charge >= 0.3 is 16.8 Å². The molecule has 4 nitrogen and oxygen atoms in total. The summed E-state index contributed by atoms with van der Waals surface area (Å²) in [7, 11) is 0. The molecule has 0 aromatic carbocycles. The van der Waals surface area contributed by atoms with Crippen LogP contribution in [0.25, 0.3) is 0 Å². The van der Waals surface area contributed by atoms with Crippen LogP contribution < -0.4 is 10.2 Å². The number of hydrogen-bond acceptors (Lipinski definition) is 4. The zero-order valence-corrected chi connectivity index (χ0v) is 4.01. The Kier molecular flexibility index (Phi) is 118. The van der Waals surface area contributed by atoms with Crippen molar-refractivity contribution in [3.63, 3.8) is 0 Å². The fraction of sp³-hybridized carbons (Fsp3) is 0. The molecule has 0 saturated heterocycles. The van der Waals surface area contributed by atoms with Gasteiger partial charge in [0.05, 0.1) is 12.9 Å². The van der Waals surface area contributed by atoms with E-state index in [2.05, 4.69) is 0 Å². The molecule has 0 spiro atoms. The van der Waals surface area contributed by atoms with Crippen LogP contribution in [0.15, 0.2) is 0 Å². The fourth-order valence-corrected chi connectivity index (χ4v) is 0. The molecule has 41 valence electrons. The molecule has 7 heavy (non-hydrogen) atoms. The monoisotopic (exact) mass is 147 g/mol. The summed E-state index contributed by atoms with van der Waals surface area (Å²) < 4.78 is 0. The molecule has 3 radical (unpaired) electrons. The van der Waals surface area contributed by atoms with Crippen molar-refractivity contribution in [2.45, 2.75) is 0 Å². The summed E-state index contributed by atoms with van der Waals surface area (Å²) in [5, 5.41) is 16.2. The molecule has 0 aliphatic carbocycles. The first-order valence-corrected chi connectivity index (χ1v) is 0.816. The summed E-state index contributed by atoms with van der Waals surface area (Å²) >= 11 is 0. The van der Waals surface area contributed by atoms with Crippen LogP contribution in [0.1, 0.15) is 0 Å². The number of rotatable bonds is 0. The van der Waals surface area contributed by atoms with E-state index in [1.807, 2.05) is 0 Å². The zero-order valence-electron chi connectivity index (χ0n) is 2.97. The standard InChI is InChI=1S/2CO2.Co/c2*2-1-3;/q2*-1;+2. The Bertz CT molecular complexity index is 30.7. The van der Waals surface area contributed by atoms with Gasteiger partial charge in [0.25, 0.3) is 0 Å². The Morgan fingerprint density at radius 3 is 1.00 bits per heavy atom. The maximum atomic E-state index is 8.12. The van der Waals surface area contributed by atoms with Crippen LogP contribution in [-0.4, -0.2) is 12.9 Å². The molecule has 0 N–H and O–H groups in total. The average Bonchev–Trinajstić information content (AvgIpc) is 1.39. The Morgan fingerprint density at radius 1 is 1.00 bits per heavy atom. The molecule has 0 amide bonds. The van der Waals surface area contributed by atoms with Crippen LogP contribution in [0.4, 0.5) is 0 Å². The molecule has 0 rings (SSSR count). The third-order valence-electron chi connectivity index (χ3n) is 0. The number of carbonyl (C=O) groups excluding carboxylic acids is 2. The Balaban J connectivity index is -0.0000000400. The molecule has 5 heteroatoms. The molecular weight excluding hydrogens is 147 g/mol. The zero-order chi connectivity index (χ0) is 5.41. The molecule has 0 heterocycles. The normalized spacial score (nSPS) is 3.43. The van der Waals surface area contributed by atoms with E-state index in [0.717, 1.165) is 0 Å². The Hall–Kier alpha value is -0.554. The van der Waals surface area contributed by atoms with Crippen LogP contribution in [-0.2, 0) is 26.4 Å². The maximum Gasteiger partial charge on any atom is 2.00 e. The second-order valence-corrected chi connectivity index (χ2v) is 0.167. The summed E-state index contributed by atoms with van der Waals surface area (Å²) in [4.78, 5) is 16.2. The minimum atomic E-state index is 0. The molecule has 0 aromatic heterocycles. The summed E-state index contributed by atoms with van der Waals surface area (Å²) in [5.41, 5.74) is 0. The van der Waals surface area contributed by atoms with Gasteiger partial charge in [0.1, 0.15) is 0 Å². The van der Waals surface area contributed by atoms with E-state index < -0.39 is 0 Å². The molecule has 0 saturated carbocycles. The molecule has 0 atom stereocenters. The quantitative estimate of drug-likeness (QED) is 0.356. The van der Waals surface area contributed by atoms with Crippen molar-refractivity contribution < 1.29 is 36.6 Å².